The van der Waals surface area contributed by atoms with E-state index >= 15 is 0 Å². The van der Waals surface area contributed by atoms with Gasteiger partial charge < -0.3 is 25.0 Å². The molecule has 1 aromatic carbocycles. The monoisotopic (exact) mass is 467 g/mol. The molecule has 0 bridgehead atoms. The first kappa shape index (κ1) is 26.3. The molecule has 1 saturated heterocycles. The second-order valence-corrected chi connectivity index (χ2v) is 9.48. The molecule has 0 spiro atoms. The van der Waals surface area contributed by atoms with Crippen LogP contribution in [0.25, 0.3) is 6.08 Å². The van der Waals surface area contributed by atoms with Crippen LogP contribution in [0.1, 0.15) is 45.6 Å². The molecular formula is C22H33N3O6S. The molecule has 0 aliphatic carbocycles. The van der Waals surface area contributed by atoms with Crippen LogP contribution in [0.2, 0.25) is 0 Å². The van der Waals surface area contributed by atoms with Gasteiger partial charge in [-0.1, -0.05) is 32.9 Å². The van der Waals surface area contributed by atoms with Crippen molar-refractivity contribution in [3.8, 4) is 6.07 Å². The zero-order valence-corrected chi connectivity index (χ0v) is 19.5. The molecular weight excluding hydrogens is 434 g/mol. The Balaban J connectivity index is 2.22. The minimum Gasteiger partial charge on any atom is -0.388 e. The van der Waals surface area contributed by atoms with Crippen LogP contribution < -0.4 is 9.62 Å². The number of hydrogen-bond donors (Lipinski definition) is 4. The van der Waals surface area contributed by atoms with Crippen LogP contribution in [0.3, 0.4) is 0 Å². The predicted molar refractivity (Wildman–Crippen MR) is 122 cm³/mol. The summed E-state index contributed by atoms with van der Waals surface area (Å²) < 4.78 is 32.8. The zero-order chi connectivity index (χ0) is 23.9. The van der Waals surface area contributed by atoms with Crippen LogP contribution in [-0.4, -0.2) is 67.5 Å². The first-order chi connectivity index (χ1) is 15.2. The fraction of sp³-hybridized carbons (Fsp3) is 0.591. The Hall–Kier alpha value is -2.00. The standard InChI is InChI=1S/C22H33N3O6S/c1-4-11-25(12-5-2)16-9-7-15(8-10-16)13-17(14-23)32(29,30)24-19-21(27)20(26)18(6-3)31-22(19)28/h7-10,13,18-22,24,26-28H,4-6,11-12H2,1-3H3/b17-13+/t18-,19-,20-,21-,22?/m1/s1. The largest absolute Gasteiger partial charge is 0.388 e. The lowest BCUT2D eigenvalue weighted by Gasteiger charge is -2.40. The number of aliphatic hydroxyl groups excluding tert-OH is 3. The van der Waals surface area contributed by atoms with Crippen LogP contribution in [-0.2, 0) is 14.8 Å². The first-order valence-corrected chi connectivity index (χ1v) is 12.4. The normalized spacial score (nSPS) is 26.5. The topological polar surface area (TPSA) is 143 Å². The molecule has 1 aliphatic heterocycles. The summed E-state index contributed by atoms with van der Waals surface area (Å²) in [5, 5.41) is 39.9. The van der Waals surface area contributed by atoms with Gasteiger partial charge in [-0.05, 0) is 43.0 Å². The average Bonchev–Trinajstić information content (AvgIpc) is 2.77. The maximum absolute atomic E-state index is 12.8. The number of benzene rings is 1. The molecule has 32 heavy (non-hydrogen) atoms. The SMILES string of the molecule is CCCN(CCC)c1ccc(/C=C(\C#N)S(=O)(=O)N[C@H]2C(O)O[C@H](CC)[C@@H](O)[C@@H]2O)cc1. The highest BCUT2D eigenvalue weighted by Crippen LogP contribution is 2.24. The zero-order valence-electron chi connectivity index (χ0n) is 18.7. The molecule has 10 heteroatoms. The van der Waals surface area contributed by atoms with Crippen molar-refractivity contribution in [3.05, 3.63) is 34.7 Å². The fourth-order valence-corrected chi connectivity index (χ4v) is 4.82. The maximum Gasteiger partial charge on any atom is 0.251 e. The molecule has 1 aliphatic rings. The maximum atomic E-state index is 12.8. The Labute approximate surface area is 190 Å². The van der Waals surface area contributed by atoms with Gasteiger partial charge in [0.2, 0.25) is 0 Å². The van der Waals surface area contributed by atoms with E-state index in [0.29, 0.717) is 12.0 Å². The molecule has 1 heterocycles. The van der Waals surface area contributed by atoms with Crippen molar-refractivity contribution in [3.63, 3.8) is 0 Å². The number of allylic oxidation sites excluding steroid dienone is 1. The molecule has 0 amide bonds. The van der Waals surface area contributed by atoms with Crippen LogP contribution >= 0.6 is 0 Å². The van der Waals surface area contributed by atoms with Crippen LogP contribution in [0.15, 0.2) is 29.2 Å². The number of nitrogens with one attached hydrogen (secondary N) is 1. The summed E-state index contributed by atoms with van der Waals surface area (Å²) in [4.78, 5) is 1.65. The molecule has 178 valence electrons. The third kappa shape index (κ3) is 6.28. The Morgan fingerprint density at radius 1 is 1.12 bits per heavy atom. The van der Waals surface area contributed by atoms with Crippen LogP contribution in [0.4, 0.5) is 5.69 Å². The fourth-order valence-electron chi connectivity index (χ4n) is 3.67. The predicted octanol–water partition coefficient (Wildman–Crippen LogP) is 1.31. The molecule has 5 atom stereocenters. The van der Waals surface area contributed by atoms with Gasteiger partial charge in [0.15, 0.2) is 11.2 Å². The summed E-state index contributed by atoms with van der Waals surface area (Å²) in [5.74, 6) is 0. The second-order valence-electron chi connectivity index (χ2n) is 7.80. The number of nitrogens with zero attached hydrogens (tertiary/aromatic N) is 2. The van der Waals surface area contributed by atoms with Crippen LogP contribution in [0.5, 0.6) is 0 Å². The summed E-state index contributed by atoms with van der Waals surface area (Å²) >= 11 is 0. The van der Waals surface area contributed by atoms with Gasteiger partial charge >= 0.3 is 0 Å². The molecule has 0 aromatic heterocycles. The van der Waals surface area contributed by atoms with Crippen molar-refractivity contribution < 1.29 is 28.5 Å². The van der Waals surface area contributed by atoms with E-state index in [2.05, 4.69) is 23.5 Å². The molecule has 2 rings (SSSR count). The summed E-state index contributed by atoms with van der Waals surface area (Å²) in [7, 11) is -4.40. The third-order valence-electron chi connectivity index (χ3n) is 5.36. The number of ether oxygens (including phenoxy) is 1. The number of rotatable bonds is 10. The molecule has 1 aromatic rings. The van der Waals surface area contributed by atoms with Gasteiger partial charge in [-0.25, -0.2) is 8.42 Å². The lowest BCUT2D eigenvalue weighted by molar-refractivity contribution is -0.244. The first-order valence-electron chi connectivity index (χ1n) is 10.9. The van der Waals surface area contributed by atoms with Crippen molar-refractivity contribution in [1.29, 1.82) is 5.26 Å². The van der Waals surface area contributed by atoms with E-state index in [1.54, 1.807) is 25.1 Å². The summed E-state index contributed by atoms with van der Waals surface area (Å²) in [6.45, 7) is 7.71. The van der Waals surface area contributed by atoms with Gasteiger partial charge in [0.1, 0.15) is 24.3 Å². The smallest absolute Gasteiger partial charge is 0.251 e. The lowest BCUT2D eigenvalue weighted by atomic mass is 9.96. The van der Waals surface area contributed by atoms with E-state index in [1.807, 2.05) is 12.1 Å². The number of aliphatic hydroxyl groups is 3. The highest BCUT2D eigenvalue weighted by atomic mass is 32.2. The molecule has 9 nitrogen and oxygen atoms in total. The summed E-state index contributed by atoms with van der Waals surface area (Å²) in [6, 6.07) is 7.33. The summed E-state index contributed by atoms with van der Waals surface area (Å²) in [5.41, 5.74) is 1.52. The van der Waals surface area contributed by atoms with Gasteiger partial charge in [-0.3, -0.25) is 0 Å². The Kier molecular flexibility index (Phi) is 9.64. The lowest BCUT2D eigenvalue weighted by Crippen LogP contribution is -2.63. The van der Waals surface area contributed by atoms with Gasteiger partial charge in [-0.2, -0.15) is 9.98 Å². The third-order valence-corrected chi connectivity index (χ3v) is 6.73. The summed E-state index contributed by atoms with van der Waals surface area (Å²) in [6.07, 6.45) is -1.94. The van der Waals surface area contributed by atoms with E-state index in [9.17, 15) is 29.0 Å². The second kappa shape index (κ2) is 11.7. The van der Waals surface area contributed by atoms with Gasteiger partial charge in [0.25, 0.3) is 10.0 Å². The van der Waals surface area contributed by atoms with E-state index in [-0.39, 0.29) is 0 Å². The minimum atomic E-state index is -4.40. The van der Waals surface area contributed by atoms with Crippen molar-refractivity contribution in [2.45, 2.75) is 70.7 Å². The number of hydrogen-bond acceptors (Lipinski definition) is 8. The van der Waals surface area contributed by atoms with E-state index in [0.717, 1.165) is 31.6 Å². The van der Waals surface area contributed by atoms with Gasteiger partial charge in [0, 0.05) is 18.8 Å². The minimum absolute atomic E-state index is 0.321. The molecule has 0 saturated carbocycles. The molecule has 4 N–H and O–H groups in total. The van der Waals surface area contributed by atoms with Gasteiger partial charge in [0.05, 0.1) is 6.10 Å². The van der Waals surface area contributed by atoms with Gasteiger partial charge in [-0.15, -0.1) is 0 Å². The van der Waals surface area contributed by atoms with Crippen LogP contribution in [0, 0.1) is 11.3 Å². The highest BCUT2D eigenvalue weighted by Gasteiger charge is 2.45. The Morgan fingerprint density at radius 3 is 2.22 bits per heavy atom. The highest BCUT2D eigenvalue weighted by molar-refractivity contribution is 7.93. The van der Waals surface area contributed by atoms with Crippen molar-refractivity contribution in [2.24, 2.45) is 0 Å². The molecule has 1 unspecified atom stereocenters. The average molecular weight is 468 g/mol. The van der Waals surface area contributed by atoms with E-state index in [4.69, 9.17) is 4.74 Å². The van der Waals surface area contributed by atoms with Crippen molar-refractivity contribution in [1.82, 2.24) is 4.72 Å². The Morgan fingerprint density at radius 2 is 1.72 bits per heavy atom. The molecule has 0 radical (unpaired) electrons. The Bertz CT molecular complexity index is 907. The van der Waals surface area contributed by atoms with E-state index in [1.165, 1.54) is 6.08 Å². The number of anilines is 1. The molecule has 1 fully saturated rings. The van der Waals surface area contributed by atoms with Crippen molar-refractivity contribution >= 4 is 21.8 Å². The van der Waals surface area contributed by atoms with E-state index < -0.39 is 45.6 Å². The number of nitriles is 1. The van der Waals surface area contributed by atoms with Crippen molar-refractivity contribution in [2.75, 3.05) is 18.0 Å². The quantitative estimate of drug-likeness (QED) is 0.377. The number of sulfonamides is 1.